The summed E-state index contributed by atoms with van der Waals surface area (Å²) in [5, 5.41) is 16.5. The van der Waals surface area contributed by atoms with Crippen LogP contribution in [0, 0.1) is 0 Å². The standard InChI is InChI=1S/C22H14F9N3O3/c1-10(32-33-15-8-13(21(26,27)28)7-14(9-15)22(29,30)31)17-16(37-34-18(17)19(35)36)6-11-2-4-12(5-3-11)20(23,24)25/h2-5,7-9,33H,6H2,1H3,(H,35,36). The Morgan fingerprint density at radius 2 is 1.41 bits per heavy atom. The first kappa shape index (κ1) is 27.5. The second-order valence-electron chi connectivity index (χ2n) is 7.61. The maximum atomic E-state index is 13.1. The molecule has 0 unspecified atom stereocenters. The van der Waals surface area contributed by atoms with Gasteiger partial charge in [-0.2, -0.15) is 44.6 Å². The van der Waals surface area contributed by atoms with E-state index in [0.717, 1.165) is 24.3 Å². The van der Waals surface area contributed by atoms with Gasteiger partial charge < -0.3 is 9.63 Å². The van der Waals surface area contributed by atoms with Crippen molar-refractivity contribution in [3.05, 3.63) is 81.7 Å². The van der Waals surface area contributed by atoms with E-state index in [0.29, 0.717) is 12.1 Å². The molecule has 0 saturated heterocycles. The fourth-order valence-corrected chi connectivity index (χ4v) is 3.18. The van der Waals surface area contributed by atoms with Crippen molar-refractivity contribution in [1.82, 2.24) is 5.16 Å². The molecule has 1 heterocycles. The van der Waals surface area contributed by atoms with E-state index >= 15 is 0 Å². The lowest BCUT2D eigenvalue weighted by Crippen LogP contribution is -2.12. The number of anilines is 1. The monoisotopic (exact) mass is 539 g/mol. The summed E-state index contributed by atoms with van der Waals surface area (Å²) in [6, 6.07) is 4.48. The Balaban J connectivity index is 1.96. The molecule has 1 aromatic heterocycles. The zero-order valence-corrected chi connectivity index (χ0v) is 18.3. The first-order valence-corrected chi connectivity index (χ1v) is 9.95. The van der Waals surface area contributed by atoms with E-state index in [2.05, 4.69) is 10.3 Å². The highest BCUT2D eigenvalue weighted by Gasteiger charge is 2.37. The number of benzene rings is 2. The Kier molecular flexibility index (Phi) is 7.28. The fourth-order valence-electron chi connectivity index (χ4n) is 3.18. The summed E-state index contributed by atoms with van der Waals surface area (Å²) in [6.07, 6.45) is -15.0. The predicted octanol–water partition coefficient (Wildman–Crippen LogP) is 6.86. The molecule has 0 aliphatic heterocycles. The molecule has 37 heavy (non-hydrogen) atoms. The largest absolute Gasteiger partial charge is 0.476 e. The summed E-state index contributed by atoms with van der Waals surface area (Å²) < 4.78 is 122. The number of hydrogen-bond donors (Lipinski definition) is 2. The summed E-state index contributed by atoms with van der Waals surface area (Å²) >= 11 is 0. The topological polar surface area (TPSA) is 87.7 Å². The van der Waals surface area contributed by atoms with Crippen LogP contribution in [0.3, 0.4) is 0 Å². The van der Waals surface area contributed by atoms with Crippen LogP contribution in [0.2, 0.25) is 0 Å². The third-order valence-electron chi connectivity index (χ3n) is 4.91. The third-order valence-corrected chi connectivity index (χ3v) is 4.91. The summed E-state index contributed by atoms with van der Waals surface area (Å²) in [5.74, 6) is -1.76. The Hall–Kier alpha value is -4.04. The van der Waals surface area contributed by atoms with Gasteiger partial charge >= 0.3 is 24.5 Å². The number of carboxylic acids is 1. The number of hydrazone groups is 1. The minimum absolute atomic E-state index is 0.0769. The molecule has 0 aliphatic carbocycles. The van der Waals surface area contributed by atoms with Gasteiger partial charge in [-0.1, -0.05) is 17.3 Å². The minimum Gasteiger partial charge on any atom is -0.476 e. The fraction of sp³-hybridized carbons (Fsp3) is 0.227. The van der Waals surface area contributed by atoms with Crippen molar-refractivity contribution in [1.29, 1.82) is 0 Å². The van der Waals surface area contributed by atoms with Crippen LogP contribution in [-0.4, -0.2) is 21.9 Å². The number of halogens is 9. The normalized spacial score (nSPS) is 13.1. The van der Waals surface area contributed by atoms with Gasteiger partial charge in [0, 0.05) is 6.42 Å². The van der Waals surface area contributed by atoms with Crippen LogP contribution in [0.5, 0.6) is 0 Å². The number of aromatic nitrogens is 1. The first-order chi connectivity index (χ1) is 17.0. The highest BCUT2D eigenvalue weighted by Crippen LogP contribution is 2.37. The predicted molar refractivity (Wildman–Crippen MR) is 110 cm³/mol. The zero-order chi connectivity index (χ0) is 27.8. The molecular formula is C22H14F9N3O3. The number of nitrogens with one attached hydrogen (secondary N) is 1. The number of alkyl halides is 9. The van der Waals surface area contributed by atoms with Gasteiger partial charge in [-0.05, 0) is 42.8 Å². The average Bonchev–Trinajstić information content (AvgIpc) is 3.20. The van der Waals surface area contributed by atoms with Crippen molar-refractivity contribution in [3.8, 4) is 0 Å². The molecule has 0 aliphatic rings. The van der Waals surface area contributed by atoms with Crippen LogP contribution in [0.25, 0.3) is 0 Å². The molecule has 0 fully saturated rings. The minimum atomic E-state index is -5.10. The Morgan fingerprint density at radius 1 is 0.892 bits per heavy atom. The zero-order valence-electron chi connectivity index (χ0n) is 18.3. The molecular weight excluding hydrogens is 525 g/mol. The second-order valence-corrected chi connectivity index (χ2v) is 7.61. The molecule has 0 atom stereocenters. The molecule has 0 amide bonds. The average molecular weight is 539 g/mol. The summed E-state index contributed by atoms with van der Waals surface area (Å²) in [7, 11) is 0. The lowest BCUT2D eigenvalue weighted by molar-refractivity contribution is -0.143. The van der Waals surface area contributed by atoms with Crippen LogP contribution in [0.4, 0.5) is 45.2 Å². The van der Waals surface area contributed by atoms with E-state index in [1.165, 1.54) is 6.92 Å². The molecule has 3 aromatic rings. The Labute approximate surface area is 201 Å². The number of carbonyl (C=O) groups is 1. The maximum Gasteiger partial charge on any atom is 0.416 e. The molecule has 0 radical (unpaired) electrons. The molecule has 3 rings (SSSR count). The van der Waals surface area contributed by atoms with Crippen molar-refractivity contribution < 1.29 is 53.9 Å². The maximum absolute atomic E-state index is 13.1. The van der Waals surface area contributed by atoms with E-state index in [1.54, 1.807) is 0 Å². The molecule has 0 spiro atoms. The van der Waals surface area contributed by atoms with E-state index in [9.17, 15) is 49.4 Å². The van der Waals surface area contributed by atoms with E-state index in [1.807, 2.05) is 5.43 Å². The number of rotatable bonds is 6. The number of hydrogen-bond acceptors (Lipinski definition) is 5. The highest BCUT2D eigenvalue weighted by molar-refractivity contribution is 6.07. The summed E-state index contributed by atoms with van der Waals surface area (Å²) in [4.78, 5) is 11.6. The molecule has 0 saturated carbocycles. The van der Waals surface area contributed by atoms with Gasteiger partial charge in [0.25, 0.3) is 0 Å². The number of nitrogens with zero attached hydrogens (tertiary/aromatic N) is 2. The van der Waals surface area contributed by atoms with Gasteiger partial charge in [0.05, 0.1) is 33.7 Å². The smallest absolute Gasteiger partial charge is 0.416 e. The Morgan fingerprint density at radius 3 is 1.86 bits per heavy atom. The molecule has 15 heteroatoms. The number of carboxylic acid groups (broad SMARTS) is 1. The van der Waals surface area contributed by atoms with Crippen molar-refractivity contribution in [2.75, 3.05) is 5.43 Å². The summed E-state index contributed by atoms with van der Waals surface area (Å²) in [6.45, 7) is 1.18. The second kappa shape index (κ2) is 9.78. The van der Waals surface area contributed by atoms with Gasteiger partial charge in [0.15, 0.2) is 5.76 Å². The quantitative estimate of drug-likeness (QED) is 0.203. The van der Waals surface area contributed by atoms with E-state index < -0.39 is 52.6 Å². The lowest BCUT2D eigenvalue weighted by Gasteiger charge is -2.14. The van der Waals surface area contributed by atoms with E-state index in [-0.39, 0.29) is 35.1 Å². The lowest BCUT2D eigenvalue weighted by atomic mass is 10.0. The van der Waals surface area contributed by atoms with Crippen LogP contribution in [-0.2, 0) is 24.9 Å². The molecule has 198 valence electrons. The van der Waals surface area contributed by atoms with Crippen molar-refractivity contribution >= 4 is 17.4 Å². The van der Waals surface area contributed by atoms with Crippen LogP contribution in [0.1, 0.15) is 51.0 Å². The molecule has 0 bridgehead atoms. The van der Waals surface area contributed by atoms with Crippen molar-refractivity contribution in [2.24, 2.45) is 5.10 Å². The summed E-state index contributed by atoms with van der Waals surface area (Å²) in [5.41, 5.74) is -3.71. The van der Waals surface area contributed by atoms with Crippen molar-refractivity contribution in [3.63, 3.8) is 0 Å². The Bertz CT molecular complexity index is 1290. The molecule has 6 nitrogen and oxygen atoms in total. The third kappa shape index (κ3) is 6.59. The first-order valence-electron chi connectivity index (χ1n) is 9.95. The van der Waals surface area contributed by atoms with Crippen LogP contribution < -0.4 is 5.43 Å². The van der Waals surface area contributed by atoms with Crippen LogP contribution >= 0.6 is 0 Å². The van der Waals surface area contributed by atoms with Crippen molar-refractivity contribution in [2.45, 2.75) is 31.9 Å². The van der Waals surface area contributed by atoms with Gasteiger partial charge in [-0.25, -0.2) is 4.79 Å². The van der Waals surface area contributed by atoms with E-state index in [4.69, 9.17) is 4.52 Å². The van der Waals surface area contributed by atoms with Gasteiger partial charge in [0.2, 0.25) is 5.69 Å². The van der Waals surface area contributed by atoms with Gasteiger partial charge in [-0.3, -0.25) is 5.43 Å². The number of aromatic carboxylic acids is 1. The van der Waals surface area contributed by atoms with Gasteiger partial charge in [-0.15, -0.1) is 0 Å². The SMILES string of the molecule is CC(=NNc1cc(C(F)(F)F)cc(C(F)(F)F)c1)c1c(C(=O)O)noc1Cc1ccc(C(F)(F)F)cc1. The van der Waals surface area contributed by atoms with Gasteiger partial charge in [0.1, 0.15) is 0 Å². The van der Waals surface area contributed by atoms with Crippen LogP contribution in [0.15, 0.2) is 52.1 Å². The highest BCUT2D eigenvalue weighted by atomic mass is 19.4. The molecule has 2 aromatic carbocycles. The molecule has 2 N–H and O–H groups in total.